The molecule has 22 heavy (non-hydrogen) atoms. The molecular formula is C18H40O3P+. The molecule has 0 rings (SSSR count). The van der Waals surface area contributed by atoms with Gasteiger partial charge in [0.2, 0.25) is 0 Å². The van der Waals surface area contributed by atoms with E-state index in [1.54, 1.807) is 0 Å². The van der Waals surface area contributed by atoms with E-state index in [-0.39, 0.29) is 0 Å². The van der Waals surface area contributed by atoms with Crippen LogP contribution < -0.4 is 0 Å². The minimum Gasteiger partial charge on any atom is -0.134 e. The van der Waals surface area contributed by atoms with E-state index in [2.05, 4.69) is 13.8 Å². The SMILES string of the molecule is CCCCCCCCCCCCCCCCCC.O=[P+](O)O. The van der Waals surface area contributed by atoms with Crippen LogP contribution in [0.2, 0.25) is 0 Å². The molecule has 0 spiro atoms. The lowest BCUT2D eigenvalue weighted by atomic mass is 10.0. The highest BCUT2D eigenvalue weighted by Crippen LogP contribution is 2.13. The Labute approximate surface area is 139 Å². The van der Waals surface area contributed by atoms with E-state index in [9.17, 15) is 0 Å². The summed E-state index contributed by atoms with van der Waals surface area (Å²) in [6.45, 7) is 4.59. The second-order valence-electron chi connectivity index (χ2n) is 6.20. The Kier molecular flexibility index (Phi) is 25.7. The fourth-order valence-corrected chi connectivity index (χ4v) is 2.62. The number of rotatable bonds is 15. The zero-order valence-electron chi connectivity index (χ0n) is 15.1. The number of hydrogen-bond donors (Lipinski definition) is 2. The molecule has 0 heterocycles. The zero-order chi connectivity index (χ0) is 16.9. The summed E-state index contributed by atoms with van der Waals surface area (Å²) in [6, 6.07) is 0. The average Bonchev–Trinajstić information content (AvgIpc) is 2.47. The van der Waals surface area contributed by atoms with Crippen LogP contribution in [-0.2, 0) is 4.57 Å². The van der Waals surface area contributed by atoms with E-state index in [4.69, 9.17) is 14.4 Å². The van der Waals surface area contributed by atoms with Gasteiger partial charge in [-0.2, -0.15) is 0 Å². The maximum atomic E-state index is 8.70. The lowest BCUT2D eigenvalue weighted by molar-refractivity contribution is 0.405. The first-order valence-electron chi connectivity index (χ1n) is 9.50. The predicted molar refractivity (Wildman–Crippen MR) is 97.3 cm³/mol. The standard InChI is InChI=1S/C18H38.HO3P/c1-3-5-7-9-11-13-15-17-18-16-14-12-10-8-6-4-2;1-4(2)3/h3-18H2,1-2H3;(H-,1,2,3)/p+1. The lowest BCUT2D eigenvalue weighted by Crippen LogP contribution is -1.83. The summed E-state index contributed by atoms with van der Waals surface area (Å²) < 4.78 is 8.70. The van der Waals surface area contributed by atoms with Crippen LogP contribution in [0, 0.1) is 0 Å². The predicted octanol–water partition coefficient (Wildman–Crippen LogP) is 6.90. The van der Waals surface area contributed by atoms with Gasteiger partial charge in [0.15, 0.2) is 0 Å². The second kappa shape index (κ2) is 23.3. The Balaban J connectivity index is 0. The van der Waals surface area contributed by atoms with E-state index in [1.165, 1.54) is 103 Å². The topological polar surface area (TPSA) is 57.5 Å². The van der Waals surface area contributed by atoms with E-state index in [0.29, 0.717) is 0 Å². The molecular weight excluding hydrogens is 295 g/mol. The summed E-state index contributed by atoms with van der Waals surface area (Å²) in [4.78, 5) is 14.2. The molecule has 0 aliphatic rings. The molecule has 0 fully saturated rings. The molecule has 2 N–H and O–H groups in total. The molecule has 0 saturated carbocycles. The summed E-state index contributed by atoms with van der Waals surface area (Å²) in [7, 11) is -2.87. The van der Waals surface area contributed by atoms with Crippen molar-refractivity contribution < 1.29 is 14.4 Å². The Morgan fingerprint density at radius 1 is 0.500 bits per heavy atom. The maximum Gasteiger partial charge on any atom is 0.692 e. The van der Waals surface area contributed by atoms with Crippen LogP contribution in [0.4, 0.5) is 0 Å². The van der Waals surface area contributed by atoms with Crippen LogP contribution in [0.1, 0.15) is 117 Å². The normalized spacial score (nSPS) is 10.2. The van der Waals surface area contributed by atoms with E-state index < -0.39 is 8.25 Å². The van der Waals surface area contributed by atoms with Gasteiger partial charge in [0.05, 0.1) is 0 Å². The van der Waals surface area contributed by atoms with Crippen LogP contribution in [0.5, 0.6) is 0 Å². The first kappa shape index (κ1) is 24.3. The fraction of sp³-hybridized carbons (Fsp3) is 1.00. The first-order valence-corrected chi connectivity index (χ1v) is 10.7. The van der Waals surface area contributed by atoms with Gasteiger partial charge in [-0.15, -0.1) is 9.79 Å². The van der Waals surface area contributed by atoms with Crippen molar-refractivity contribution in [3.63, 3.8) is 0 Å². The van der Waals surface area contributed by atoms with Gasteiger partial charge in [-0.05, 0) is 0 Å². The third-order valence-electron chi connectivity index (χ3n) is 3.96. The van der Waals surface area contributed by atoms with Gasteiger partial charge >= 0.3 is 8.25 Å². The van der Waals surface area contributed by atoms with Gasteiger partial charge in [0.25, 0.3) is 0 Å². The van der Waals surface area contributed by atoms with Crippen molar-refractivity contribution in [2.75, 3.05) is 0 Å². The van der Waals surface area contributed by atoms with Crippen LogP contribution in [0.25, 0.3) is 0 Å². The summed E-state index contributed by atoms with van der Waals surface area (Å²) in [6.07, 6.45) is 23.4. The third-order valence-corrected chi connectivity index (χ3v) is 3.96. The quantitative estimate of drug-likeness (QED) is 0.253. The van der Waals surface area contributed by atoms with Crippen molar-refractivity contribution >= 4 is 8.25 Å². The van der Waals surface area contributed by atoms with E-state index in [1.807, 2.05) is 0 Å². The Morgan fingerprint density at radius 2 is 0.636 bits per heavy atom. The Hall–Kier alpha value is 0.0200. The monoisotopic (exact) mass is 335 g/mol. The van der Waals surface area contributed by atoms with Gasteiger partial charge in [-0.25, -0.2) is 0 Å². The summed E-state index contributed by atoms with van der Waals surface area (Å²) >= 11 is 0. The van der Waals surface area contributed by atoms with Crippen molar-refractivity contribution in [1.82, 2.24) is 0 Å². The van der Waals surface area contributed by atoms with E-state index >= 15 is 0 Å². The van der Waals surface area contributed by atoms with Gasteiger partial charge in [0.1, 0.15) is 0 Å². The molecule has 0 saturated heterocycles. The highest BCUT2D eigenvalue weighted by Gasteiger charge is 1.94. The molecule has 0 aromatic carbocycles. The Morgan fingerprint density at radius 3 is 0.773 bits per heavy atom. The minimum atomic E-state index is -2.87. The van der Waals surface area contributed by atoms with Crippen molar-refractivity contribution in [1.29, 1.82) is 0 Å². The average molecular weight is 335 g/mol. The number of hydrogen-bond acceptors (Lipinski definition) is 1. The van der Waals surface area contributed by atoms with E-state index in [0.717, 1.165) is 0 Å². The molecule has 3 nitrogen and oxygen atoms in total. The molecule has 4 heteroatoms. The van der Waals surface area contributed by atoms with Crippen molar-refractivity contribution in [3.05, 3.63) is 0 Å². The molecule has 134 valence electrons. The summed E-state index contributed by atoms with van der Waals surface area (Å²) in [5.41, 5.74) is 0. The van der Waals surface area contributed by atoms with Crippen molar-refractivity contribution in [3.8, 4) is 0 Å². The van der Waals surface area contributed by atoms with Gasteiger partial charge < -0.3 is 0 Å². The molecule has 0 aliphatic carbocycles. The number of unbranched alkanes of at least 4 members (excludes halogenated alkanes) is 15. The minimum absolute atomic E-state index is 1.37. The largest absolute Gasteiger partial charge is 0.692 e. The first-order chi connectivity index (χ1) is 10.6. The molecule has 0 aromatic heterocycles. The summed E-state index contributed by atoms with van der Waals surface area (Å²) in [5, 5.41) is 0. The second-order valence-corrected chi connectivity index (χ2v) is 6.71. The molecule has 0 aliphatic heterocycles. The lowest BCUT2D eigenvalue weighted by Gasteiger charge is -2.03. The smallest absolute Gasteiger partial charge is 0.134 e. The molecule has 0 amide bonds. The molecule has 0 bridgehead atoms. The van der Waals surface area contributed by atoms with Crippen molar-refractivity contribution in [2.45, 2.75) is 117 Å². The molecule has 0 atom stereocenters. The van der Waals surface area contributed by atoms with Crippen LogP contribution in [0.15, 0.2) is 0 Å². The zero-order valence-corrected chi connectivity index (χ0v) is 16.0. The summed E-state index contributed by atoms with van der Waals surface area (Å²) in [5.74, 6) is 0. The molecule has 0 aromatic rings. The van der Waals surface area contributed by atoms with Gasteiger partial charge in [0, 0.05) is 4.57 Å². The molecule has 0 radical (unpaired) electrons. The fourth-order valence-electron chi connectivity index (χ4n) is 2.62. The van der Waals surface area contributed by atoms with Crippen molar-refractivity contribution in [2.24, 2.45) is 0 Å². The van der Waals surface area contributed by atoms with Gasteiger partial charge in [-0.3, -0.25) is 0 Å². The maximum absolute atomic E-state index is 8.70. The van der Waals surface area contributed by atoms with Crippen LogP contribution >= 0.6 is 8.25 Å². The van der Waals surface area contributed by atoms with Crippen LogP contribution in [0.3, 0.4) is 0 Å². The van der Waals surface area contributed by atoms with Crippen LogP contribution in [-0.4, -0.2) is 9.79 Å². The highest BCUT2D eigenvalue weighted by molar-refractivity contribution is 7.30. The molecule has 0 unspecified atom stereocenters. The Bertz CT molecular complexity index is 191. The third kappa shape index (κ3) is 32.1. The van der Waals surface area contributed by atoms with Gasteiger partial charge in [-0.1, -0.05) is 117 Å². The highest BCUT2D eigenvalue weighted by atomic mass is 31.1.